The molecule has 0 bridgehead atoms. The predicted molar refractivity (Wildman–Crippen MR) is 101 cm³/mol. The molecular formula is C19H21N3O3S. The van der Waals surface area contributed by atoms with E-state index < -0.39 is 0 Å². The van der Waals surface area contributed by atoms with Crippen molar-refractivity contribution >= 4 is 22.2 Å². The van der Waals surface area contributed by atoms with E-state index in [0.717, 1.165) is 24.5 Å². The van der Waals surface area contributed by atoms with Crippen molar-refractivity contribution in [3.63, 3.8) is 0 Å². The van der Waals surface area contributed by atoms with Crippen LogP contribution < -0.4 is 14.8 Å². The number of nitrogens with one attached hydrogen (secondary N) is 1. The number of para-hydroxylation sites is 2. The summed E-state index contributed by atoms with van der Waals surface area (Å²) in [5.41, 5.74) is 0.492. The Bertz CT molecular complexity index is 799. The lowest BCUT2D eigenvalue weighted by Gasteiger charge is -2.30. The van der Waals surface area contributed by atoms with Gasteiger partial charge < -0.3 is 14.8 Å². The van der Waals surface area contributed by atoms with E-state index >= 15 is 0 Å². The van der Waals surface area contributed by atoms with Crippen molar-refractivity contribution in [2.24, 2.45) is 0 Å². The van der Waals surface area contributed by atoms with Crippen LogP contribution in [0.5, 0.6) is 11.5 Å². The highest BCUT2D eigenvalue weighted by Gasteiger charge is 2.24. The van der Waals surface area contributed by atoms with E-state index in [1.807, 2.05) is 24.3 Å². The molecule has 7 heteroatoms. The first-order valence-corrected chi connectivity index (χ1v) is 9.46. The monoisotopic (exact) mass is 371 g/mol. The van der Waals surface area contributed by atoms with E-state index in [0.29, 0.717) is 23.7 Å². The number of rotatable bonds is 7. The Labute approximate surface area is 156 Å². The van der Waals surface area contributed by atoms with Crippen LogP contribution in [0.25, 0.3) is 0 Å². The fraction of sp³-hybridized carbons (Fsp3) is 0.368. The number of carbonyl (C=O) groups is 1. The maximum Gasteiger partial charge on any atom is 0.239 e. The molecule has 6 nitrogen and oxygen atoms in total. The highest BCUT2D eigenvalue weighted by molar-refractivity contribution is 7.14. The summed E-state index contributed by atoms with van der Waals surface area (Å²) in [5, 5.41) is 14.3. The minimum Gasteiger partial charge on any atom is -0.486 e. The van der Waals surface area contributed by atoms with Crippen LogP contribution in [-0.2, 0) is 4.79 Å². The summed E-state index contributed by atoms with van der Waals surface area (Å²) < 4.78 is 11.7. The number of hydrogen-bond acceptors (Lipinski definition) is 6. The van der Waals surface area contributed by atoms with Crippen molar-refractivity contribution < 1.29 is 14.3 Å². The SMILES string of the molecule is CCCN(CC(=O)Nc1sccc1C#N)C[C@H]1COc2ccccc2O1. The summed E-state index contributed by atoms with van der Waals surface area (Å²) in [4.78, 5) is 14.4. The number of anilines is 1. The standard InChI is InChI=1S/C19H21N3O3S/c1-2-8-22(12-18(23)21-19-14(10-20)7-9-26-19)11-15-13-24-16-5-3-4-6-17(16)25-15/h3-7,9,15H,2,8,11-13H2,1H3,(H,21,23)/t15-/m0/s1. The molecular weight excluding hydrogens is 350 g/mol. The Balaban J connectivity index is 1.57. The fourth-order valence-corrected chi connectivity index (χ4v) is 3.61. The summed E-state index contributed by atoms with van der Waals surface area (Å²) in [6.45, 7) is 4.17. The van der Waals surface area contributed by atoms with Gasteiger partial charge in [0, 0.05) is 6.54 Å². The molecule has 3 rings (SSSR count). The van der Waals surface area contributed by atoms with E-state index in [9.17, 15) is 4.79 Å². The normalized spacial score (nSPS) is 15.5. The molecule has 0 fully saturated rings. The number of ether oxygens (including phenoxy) is 2. The van der Waals surface area contributed by atoms with Gasteiger partial charge in [-0.2, -0.15) is 5.26 Å². The Morgan fingerprint density at radius 3 is 2.96 bits per heavy atom. The zero-order valence-electron chi connectivity index (χ0n) is 14.6. The third kappa shape index (κ3) is 4.54. The van der Waals surface area contributed by atoms with Crippen LogP contribution >= 0.6 is 11.3 Å². The summed E-state index contributed by atoms with van der Waals surface area (Å²) >= 11 is 1.35. The van der Waals surface area contributed by atoms with E-state index in [1.165, 1.54) is 11.3 Å². The first-order valence-electron chi connectivity index (χ1n) is 8.58. The number of fused-ring (bicyclic) bond motifs is 1. The minimum absolute atomic E-state index is 0.124. The topological polar surface area (TPSA) is 74.6 Å². The van der Waals surface area contributed by atoms with Crippen LogP contribution in [0.2, 0.25) is 0 Å². The van der Waals surface area contributed by atoms with Crippen molar-refractivity contribution in [2.75, 3.05) is 31.6 Å². The van der Waals surface area contributed by atoms with E-state index in [4.69, 9.17) is 14.7 Å². The van der Waals surface area contributed by atoms with Gasteiger partial charge in [-0.25, -0.2) is 0 Å². The number of carbonyl (C=O) groups excluding carboxylic acids is 1. The molecule has 1 N–H and O–H groups in total. The number of benzene rings is 1. The molecule has 0 aliphatic carbocycles. The second-order valence-corrected chi connectivity index (χ2v) is 6.97. The average Bonchev–Trinajstić information content (AvgIpc) is 3.08. The van der Waals surface area contributed by atoms with Gasteiger partial charge in [-0.1, -0.05) is 19.1 Å². The van der Waals surface area contributed by atoms with Crippen LogP contribution in [-0.4, -0.2) is 43.2 Å². The summed E-state index contributed by atoms with van der Waals surface area (Å²) in [7, 11) is 0. The van der Waals surface area contributed by atoms with Crippen molar-refractivity contribution in [3.05, 3.63) is 41.3 Å². The quantitative estimate of drug-likeness (QED) is 0.809. The summed E-state index contributed by atoms with van der Waals surface area (Å²) in [5.74, 6) is 1.36. The van der Waals surface area contributed by atoms with Gasteiger partial charge in [0.2, 0.25) is 5.91 Å². The van der Waals surface area contributed by atoms with Crippen LogP contribution in [0.1, 0.15) is 18.9 Å². The second-order valence-electron chi connectivity index (χ2n) is 6.06. The van der Waals surface area contributed by atoms with Crippen LogP contribution in [0.4, 0.5) is 5.00 Å². The molecule has 2 heterocycles. The molecule has 1 aliphatic rings. The largest absolute Gasteiger partial charge is 0.486 e. The molecule has 1 aromatic carbocycles. The number of amides is 1. The Morgan fingerprint density at radius 1 is 1.38 bits per heavy atom. The molecule has 1 amide bonds. The third-order valence-corrected chi connectivity index (χ3v) is 4.80. The molecule has 2 aromatic rings. The maximum absolute atomic E-state index is 12.4. The Kier molecular flexibility index (Phi) is 6.10. The number of nitriles is 1. The molecule has 26 heavy (non-hydrogen) atoms. The number of nitrogens with zero attached hydrogens (tertiary/aromatic N) is 2. The first kappa shape index (κ1) is 18.2. The van der Waals surface area contributed by atoms with Crippen molar-refractivity contribution in [1.29, 1.82) is 5.26 Å². The highest BCUT2D eigenvalue weighted by atomic mass is 32.1. The van der Waals surface area contributed by atoms with Gasteiger partial charge >= 0.3 is 0 Å². The Morgan fingerprint density at radius 2 is 2.19 bits per heavy atom. The molecule has 0 saturated heterocycles. The minimum atomic E-state index is -0.130. The molecule has 0 radical (unpaired) electrons. The molecule has 136 valence electrons. The fourth-order valence-electron chi connectivity index (χ4n) is 2.86. The lowest BCUT2D eigenvalue weighted by Crippen LogP contribution is -2.44. The first-order chi connectivity index (χ1) is 12.7. The highest BCUT2D eigenvalue weighted by Crippen LogP contribution is 2.31. The molecule has 1 aliphatic heterocycles. The van der Waals surface area contributed by atoms with Gasteiger partial charge in [0.1, 0.15) is 23.8 Å². The number of thiophene rings is 1. The summed E-state index contributed by atoms with van der Waals surface area (Å²) in [6.07, 6.45) is 0.806. The summed E-state index contributed by atoms with van der Waals surface area (Å²) in [6, 6.07) is 11.4. The second kappa shape index (κ2) is 8.70. The van der Waals surface area contributed by atoms with Gasteiger partial charge in [0.05, 0.1) is 12.1 Å². The zero-order valence-corrected chi connectivity index (χ0v) is 15.4. The van der Waals surface area contributed by atoms with Gasteiger partial charge in [0.25, 0.3) is 0 Å². The van der Waals surface area contributed by atoms with Crippen molar-refractivity contribution in [1.82, 2.24) is 4.90 Å². The molecule has 1 atom stereocenters. The van der Waals surface area contributed by atoms with E-state index in [-0.39, 0.29) is 18.6 Å². The molecule has 0 spiro atoms. The van der Waals surface area contributed by atoms with Gasteiger partial charge in [-0.05, 0) is 36.5 Å². The number of hydrogen-bond donors (Lipinski definition) is 1. The lowest BCUT2D eigenvalue weighted by molar-refractivity contribution is -0.117. The third-order valence-electron chi connectivity index (χ3n) is 3.98. The Hall–Kier alpha value is -2.56. The van der Waals surface area contributed by atoms with Gasteiger partial charge in [0.15, 0.2) is 11.5 Å². The predicted octanol–water partition coefficient (Wildman–Crippen LogP) is 3.11. The van der Waals surface area contributed by atoms with Crippen LogP contribution in [0, 0.1) is 11.3 Å². The van der Waals surface area contributed by atoms with Crippen molar-refractivity contribution in [3.8, 4) is 17.6 Å². The van der Waals surface area contributed by atoms with Crippen LogP contribution in [0.15, 0.2) is 35.7 Å². The molecule has 1 aromatic heterocycles. The van der Waals surface area contributed by atoms with Gasteiger partial charge in [-0.15, -0.1) is 11.3 Å². The molecule has 0 unspecified atom stereocenters. The molecule has 0 saturated carbocycles. The lowest BCUT2D eigenvalue weighted by atomic mass is 10.2. The zero-order chi connectivity index (χ0) is 18.4. The average molecular weight is 371 g/mol. The van der Waals surface area contributed by atoms with Crippen LogP contribution in [0.3, 0.4) is 0 Å². The smallest absolute Gasteiger partial charge is 0.239 e. The van der Waals surface area contributed by atoms with Crippen molar-refractivity contribution in [2.45, 2.75) is 19.4 Å². The van der Waals surface area contributed by atoms with E-state index in [1.54, 1.807) is 11.4 Å². The maximum atomic E-state index is 12.4. The van der Waals surface area contributed by atoms with Gasteiger partial charge in [-0.3, -0.25) is 9.69 Å². The van der Waals surface area contributed by atoms with E-state index in [2.05, 4.69) is 23.2 Å².